The molecule has 3 aromatic rings. The second-order valence-corrected chi connectivity index (χ2v) is 8.76. The third-order valence-corrected chi connectivity index (χ3v) is 6.39. The molecule has 1 aliphatic heterocycles. The number of ether oxygens (including phenoxy) is 2. The van der Waals surface area contributed by atoms with Crippen molar-refractivity contribution < 1.29 is 19.1 Å². The highest BCUT2D eigenvalue weighted by molar-refractivity contribution is 6.09. The Morgan fingerprint density at radius 3 is 2.19 bits per heavy atom. The summed E-state index contributed by atoms with van der Waals surface area (Å²) in [5.41, 5.74) is 3.44. The average molecular weight is 488 g/mol. The van der Waals surface area contributed by atoms with Crippen LogP contribution in [-0.4, -0.2) is 45.7 Å². The fourth-order valence-electron chi connectivity index (χ4n) is 4.54. The molecule has 0 spiro atoms. The molecule has 1 fully saturated rings. The van der Waals surface area contributed by atoms with Gasteiger partial charge in [-0.25, -0.2) is 0 Å². The van der Waals surface area contributed by atoms with Gasteiger partial charge in [-0.05, 0) is 61.6 Å². The fraction of sp³-hybridized carbons (Fsp3) is 0.310. The van der Waals surface area contributed by atoms with Crippen LogP contribution in [0.5, 0.6) is 11.5 Å². The number of carbonyl (C=O) groups is 2. The molecule has 1 aliphatic rings. The maximum Gasteiger partial charge on any atom is 0.263 e. The van der Waals surface area contributed by atoms with E-state index in [4.69, 9.17) is 9.47 Å². The zero-order chi connectivity index (χ0) is 25.3. The molecule has 7 heteroatoms. The lowest BCUT2D eigenvalue weighted by atomic mass is 10.1. The molecular formula is C29H33N3O4. The summed E-state index contributed by atoms with van der Waals surface area (Å²) in [6.07, 6.45) is 4.14. The van der Waals surface area contributed by atoms with Crippen LogP contribution in [-0.2, 0) is 6.42 Å². The quantitative estimate of drug-likeness (QED) is 0.448. The Hall–Kier alpha value is -4.00. The van der Waals surface area contributed by atoms with Gasteiger partial charge in [0.1, 0.15) is 17.1 Å². The predicted octanol–water partition coefficient (Wildman–Crippen LogP) is 4.92. The smallest absolute Gasteiger partial charge is 0.263 e. The number of methoxy groups -OCH3 is 2. The lowest BCUT2D eigenvalue weighted by Gasteiger charge is -2.30. The van der Waals surface area contributed by atoms with Crippen molar-refractivity contribution in [1.82, 2.24) is 5.32 Å². The second-order valence-electron chi connectivity index (χ2n) is 8.76. The van der Waals surface area contributed by atoms with Crippen LogP contribution >= 0.6 is 0 Å². The van der Waals surface area contributed by atoms with Crippen molar-refractivity contribution in [3.8, 4) is 11.5 Å². The number of nitrogens with one attached hydrogen (secondary N) is 2. The first kappa shape index (κ1) is 25.1. The monoisotopic (exact) mass is 487 g/mol. The van der Waals surface area contributed by atoms with Gasteiger partial charge < -0.3 is 25.0 Å². The highest BCUT2D eigenvalue weighted by Crippen LogP contribution is 2.31. The number of carbonyl (C=O) groups excluding carboxylic acids is 2. The van der Waals surface area contributed by atoms with E-state index in [1.165, 1.54) is 26.2 Å². The topological polar surface area (TPSA) is 79.9 Å². The molecule has 1 saturated heterocycles. The van der Waals surface area contributed by atoms with Gasteiger partial charge in [0, 0.05) is 31.0 Å². The number of piperidine rings is 1. The van der Waals surface area contributed by atoms with Gasteiger partial charge in [-0.2, -0.15) is 0 Å². The number of hydrogen-bond donors (Lipinski definition) is 2. The molecule has 3 aromatic carbocycles. The maximum atomic E-state index is 13.3. The number of hydrogen-bond acceptors (Lipinski definition) is 5. The van der Waals surface area contributed by atoms with Crippen LogP contribution in [0.1, 0.15) is 45.5 Å². The van der Waals surface area contributed by atoms with Crippen LogP contribution < -0.4 is 25.0 Å². The zero-order valence-corrected chi connectivity index (χ0v) is 20.9. The molecule has 0 saturated carbocycles. The van der Waals surface area contributed by atoms with E-state index in [0.29, 0.717) is 34.9 Å². The summed E-state index contributed by atoms with van der Waals surface area (Å²) in [6.45, 7) is 2.35. The summed E-state index contributed by atoms with van der Waals surface area (Å²) in [6, 6.07) is 20.8. The molecule has 0 atom stereocenters. The van der Waals surface area contributed by atoms with Crippen LogP contribution in [0.25, 0.3) is 0 Å². The van der Waals surface area contributed by atoms with E-state index in [2.05, 4.69) is 15.5 Å². The third-order valence-electron chi connectivity index (χ3n) is 6.39. The third kappa shape index (κ3) is 5.97. The molecule has 7 nitrogen and oxygen atoms in total. The summed E-state index contributed by atoms with van der Waals surface area (Å²) in [5, 5.41) is 5.97. The summed E-state index contributed by atoms with van der Waals surface area (Å²) in [4.78, 5) is 28.8. The maximum absolute atomic E-state index is 13.3. The fourth-order valence-corrected chi connectivity index (χ4v) is 4.54. The standard InChI is InChI=1S/C29H33N3O4/c1-35-25-12-9-13-26(36-2)27(25)29(34)31-22-14-15-24(32-18-7-4-8-19-32)23(20-22)28(33)30-17-16-21-10-5-3-6-11-21/h3,5-6,9-15,20H,4,7-8,16-19H2,1-2H3,(H,30,33)(H,31,34). The Balaban J connectivity index is 1.57. The SMILES string of the molecule is COc1cccc(OC)c1C(=O)Nc1ccc(N2CCCCC2)c(C(=O)NCCc2ccccc2)c1. The van der Waals surface area contributed by atoms with E-state index in [1.54, 1.807) is 24.3 Å². The molecule has 0 aromatic heterocycles. The number of nitrogens with zero attached hydrogens (tertiary/aromatic N) is 1. The molecule has 4 rings (SSSR count). The molecule has 188 valence electrons. The molecule has 2 amide bonds. The van der Waals surface area contributed by atoms with Crippen molar-refractivity contribution in [3.05, 3.63) is 83.4 Å². The molecule has 1 heterocycles. The summed E-state index contributed by atoms with van der Waals surface area (Å²) in [7, 11) is 3.02. The van der Waals surface area contributed by atoms with Gasteiger partial charge in [0.2, 0.25) is 0 Å². The Bertz CT molecular complexity index is 1170. The lowest BCUT2D eigenvalue weighted by molar-refractivity contribution is 0.0953. The van der Waals surface area contributed by atoms with Gasteiger partial charge in [0.05, 0.1) is 19.8 Å². The van der Waals surface area contributed by atoms with Crippen LogP contribution in [0, 0.1) is 0 Å². The number of anilines is 2. The van der Waals surface area contributed by atoms with E-state index < -0.39 is 0 Å². The Labute approximate surface area is 212 Å². The van der Waals surface area contributed by atoms with Gasteiger partial charge in [-0.1, -0.05) is 36.4 Å². The van der Waals surface area contributed by atoms with Crippen LogP contribution in [0.2, 0.25) is 0 Å². The minimum absolute atomic E-state index is 0.155. The van der Waals surface area contributed by atoms with Crippen molar-refractivity contribution in [2.45, 2.75) is 25.7 Å². The zero-order valence-electron chi connectivity index (χ0n) is 20.9. The molecule has 0 aliphatic carbocycles. The van der Waals surface area contributed by atoms with Crippen LogP contribution in [0.3, 0.4) is 0 Å². The minimum Gasteiger partial charge on any atom is -0.496 e. The Kier molecular flexibility index (Phi) is 8.44. The number of amides is 2. The van der Waals surface area contributed by atoms with E-state index in [9.17, 15) is 9.59 Å². The van der Waals surface area contributed by atoms with Crippen molar-refractivity contribution in [2.75, 3.05) is 44.1 Å². The summed E-state index contributed by atoms with van der Waals surface area (Å²) >= 11 is 0. The van der Waals surface area contributed by atoms with Gasteiger partial charge in [-0.3, -0.25) is 9.59 Å². The average Bonchev–Trinajstić information content (AvgIpc) is 2.93. The molecule has 0 radical (unpaired) electrons. The Morgan fingerprint density at radius 1 is 0.833 bits per heavy atom. The molecule has 2 N–H and O–H groups in total. The highest BCUT2D eigenvalue weighted by Gasteiger charge is 2.22. The van der Waals surface area contributed by atoms with Crippen LogP contribution in [0.15, 0.2) is 66.7 Å². The van der Waals surface area contributed by atoms with Crippen molar-refractivity contribution in [3.63, 3.8) is 0 Å². The largest absolute Gasteiger partial charge is 0.496 e. The van der Waals surface area contributed by atoms with Gasteiger partial charge in [0.25, 0.3) is 11.8 Å². The number of benzene rings is 3. The van der Waals surface area contributed by atoms with E-state index >= 15 is 0 Å². The van der Waals surface area contributed by atoms with E-state index in [0.717, 1.165) is 38.0 Å². The predicted molar refractivity (Wildman–Crippen MR) is 142 cm³/mol. The van der Waals surface area contributed by atoms with Crippen molar-refractivity contribution in [1.29, 1.82) is 0 Å². The second kappa shape index (κ2) is 12.1. The minimum atomic E-state index is -0.370. The van der Waals surface area contributed by atoms with E-state index in [-0.39, 0.29) is 11.8 Å². The van der Waals surface area contributed by atoms with Gasteiger partial charge in [-0.15, -0.1) is 0 Å². The molecular weight excluding hydrogens is 454 g/mol. The molecule has 36 heavy (non-hydrogen) atoms. The Morgan fingerprint density at radius 2 is 1.53 bits per heavy atom. The highest BCUT2D eigenvalue weighted by atomic mass is 16.5. The summed E-state index contributed by atoms with van der Waals surface area (Å²) < 4.78 is 10.8. The molecule has 0 unspecified atom stereocenters. The summed E-state index contributed by atoms with van der Waals surface area (Å²) in [5.74, 6) is 0.300. The van der Waals surface area contributed by atoms with Gasteiger partial charge in [0.15, 0.2) is 0 Å². The molecule has 0 bridgehead atoms. The van der Waals surface area contributed by atoms with Crippen molar-refractivity contribution in [2.24, 2.45) is 0 Å². The van der Waals surface area contributed by atoms with E-state index in [1.807, 2.05) is 42.5 Å². The van der Waals surface area contributed by atoms with Gasteiger partial charge >= 0.3 is 0 Å². The normalized spacial score (nSPS) is 13.1. The van der Waals surface area contributed by atoms with Crippen molar-refractivity contribution >= 4 is 23.2 Å². The first-order valence-electron chi connectivity index (χ1n) is 12.3. The van der Waals surface area contributed by atoms with Crippen LogP contribution in [0.4, 0.5) is 11.4 Å². The lowest BCUT2D eigenvalue weighted by Crippen LogP contribution is -2.33. The first-order chi connectivity index (χ1) is 17.6. The number of rotatable bonds is 9. The first-order valence-corrected chi connectivity index (χ1v) is 12.3.